The van der Waals surface area contributed by atoms with Crippen molar-refractivity contribution in [1.29, 1.82) is 0 Å². The predicted molar refractivity (Wildman–Crippen MR) is 72.1 cm³/mol. The molecule has 1 aromatic heterocycles. The first-order valence-corrected chi connectivity index (χ1v) is 6.16. The van der Waals surface area contributed by atoms with E-state index in [1.807, 2.05) is 19.1 Å². The van der Waals surface area contributed by atoms with Crippen molar-refractivity contribution in [1.82, 2.24) is 15.0 Å². The van der Waals surface area contributed by atoms with Crippen LogP contribution in [0.15, 0.2) is 24.4 Å². The summed E-state index contributed by atoms with van der Waals surface area (Å²) in [4.78, 5) is 0. The van der Waals surface area contributed by atoms with Crippen molar-refractivity contribution in [3.8, 4) is 5.75 Å². The van der Waals surface area contributed by atoms with Crippen LogP contribution in [-0.2, 0) is 12.1 Å². The van der Waals surface area contributed by atoms with E-state index in [-0.39, 0.29) is 0 Å². The number of nitrogens with zero attached hydrogens (tertiary/aromatic N) is 3. The average Bonchev–Trinajstić information content (AvgIpc) is 2.77. The average molecular weight is 261 g/mol. The van der Waals surface area contributed by atoms with Gasteiger partial charge >= 0.3 is 0 Å². The Morgan fingerprint density at radius 3 is 2.68 bits per heavy atom. The summed E-state index contributed by atoms with van der Waals surface area (Å²) in [5.41, 5.74) is 1.78. The molecule has 0 atom stereocenters. The van der Waals surface area contributed by atoms with Crippen LogP contribution in [0.25, 0.3) is 0 Å². The van der Waals surface area contributed by atoms with Gasteiger partial charge in [0.05, 0.1) is 19.9 Å². The van der Waals surface area contributed by atoms with Crippen LogP contribution in [0.4, 0.5) is 0 Å². The lowest BCUT2D eigenvalue weighted by atomic mass is 10.1. The van der Waals surface area contributed by atoms with Crippen LogP contribution >= 0.6 is 0 Å². The minimum atomic E-state index is -0.977. The zero-order chi connectivity index (χ0) is 14.0. The highest BCUT2D eigenvalue weighted by Crippen LogP contribution is 2.21. The quantitative estimate of drug-likeness (QED) is 0.912. The smallest absolute Gasteiger partial charge is 0.123 e. The second kappa shape index (κ2) is 5.01. The number of aromatic nitrogens is 3. The Labute approximate surface area is 112 Å². The molecular weight excluding hydrogens is 242 g/mol. The predicted octanol–water partition coefficient (Wildman–Crippen LogP) is 1.87. The monoisotopic (exact) mass is 261 g/mol. The van der Waals surface area contributed by atoms with Gasteiger partial charge in [0.15, 0.2) is 0 Å². The highest BCUT2D eigenvalue weighted by atomic mass is 16.5. The number of ether oxygens (including phenoxy) is 1. The van der Waals surface area contributed by atoms with Gasteiger partial charge in [-0.3, -0.25) is 0 Å². The highest BCUT2D eigenvalue weighted by molar-refractivity contribution is 5.36. The fourth-order valence-electron chi connectivity index (χ4n) is 1.86. The Bertz CT molecular complexity index is 570. The number of benzene rings is 1. The molecule has 0 unspecified atom stereocenters. The van der Waals surface area contributed by atoms with Crippen LogP contribution in [0, 0.1) is 6.92 Å². The van der Waals surface area contributed by atoms with E-state index in [9.17, 15) is 5.11 Å². The second-order valence-electron chi connectivity index (χ2n) is 5.18. The molecule has 1 aromatic carbocycles. The molecule has 0 amide bonds. The van der Waals surface area contributed by atoms with Crippen molar-refractivity contribution >= 4 is 0 Å². The molecule has 0 bridgehead atoms. The van der Waals surface area contributed by atoms with Gasteiger partial charge < -0.3 is 9.84 Å². The number of hydrogen-bond donors (Lipinski definition) is 1. The Morgan fingerprint density at radius 1 is 1.37 bits per heavy atom. The van der Waals surface area contributed by atoms with E-state index in [0.717, 1.165) is 11.3 Å². The van der Waals surface area contributed by atoms with Gasteiger partial charge in [0.25, 0.3) is 0 Å². The summed E-state index contributed by atoms with van der Waals surface area (Å²) in [6.45, 7) is 5.98. The van der Waals surface area contributed by atoms with Crippen molar-refractivity contribution in [3.63, 3.8) is 0 Å². The van der Waals surface area contributed by atoms with E-state index in [2.05, 4.69) is 16.4 Å². The summed E-state index contributed by atoms with van der Waals surface area (Å²) >= 11 is 0. The maximum Gasteiger partial charge on any atom is 0.123 e. The van der Waals surface area contributed by atoms with Crippen LogP contribution in [0.2, 0.25) is 0 Å². The Hall–Kier alpha value is -1.88. The lowest BCUT2D eigenvalue weighted by Crippen LogP contribution is -2.15. The number of rotatable bonds is 4. The van der Waals surface area contributed by atoms with Crippen molar-refractivity contribution < 1.29 is 9.84 Å². The van der Waals surface area contributed by atoms with Crippen molar-refractivity contribution in [2.24, 2.45) is 0 Å². The van der Waals surface area contributed by atoms with Crippen LogP contribution in [-0.4, -0.2) is 27.2 Å². The molecule has 5 heteroatoms. The number of aryl methyl sites for hydroxylation is 1. The van der Waals surface area contributed by atoms with Crippen LogP contribution in [0.3, 0.4) is 0 Å². The molecule has 0 aliphatic heterocycles. The van der Waals surface area contributed by atoms with Gasteiger partial charge in [-0.15, -0.1) is 5.10 Å². The molecule has 0 aliphatic carbocycles. The lowest BCUT2D eigenvalue weighted by Gasteiger charge is -2.12. The molecule has 1 heterocycles. The minimum Gasteiger partial charge on any atom is -0.496 e. The van der Waals surface area contributed by atoms with E-state index in [0.29, 0.717) is 12.2 Å². The molecule has 0 saturated heterocycles. The first-order chi connectivity index (χ1) is 8.90. The summed E-state index contributed by atoms with van der Waals surface area (Å²) in [5.74, 6) is 0.825. The van der Waals surface area contributed by atoms with Gasteiger partial charge in [-0.05, 0) is 26.8 Å². The summed E-state index contributed by atoms with van der Waals surface area (Å²) in [6.07, 6.45) is 1.75. The lowest BCUT2D eigenvalue weighted by molar-refractivity contribution is 0.0737. The third-order valence-corrected chi connectivity index (χ3v) is 2.93. The van der Waals surface area contributed by atoms with E-state index >= 15 is 0 Å². The van der Waals surface area contributed by atoms with Crippen LogP contribution in [0.1, 0.15) is 30.7 Å². The van der Waals surface area contributed by atoms with Crippen molar-refractivity contribution in [3.05, 3.63) is 41.2 Å². The second-order valence-corrected chi connectivity index (χ2v) is 5.18. The molecule has 5 nitrogen and oxygen atoms in total. The highest BCUT2D eigenvalue weighted by Gasteiger charge is 2.20. The molecule has 0 saturated carbocycles. The van der Waals surface area contributed by atoms with Crippen LogP contribution < -0.4 is 4.74 Å². The number of hydrogen-bond acceptors (Lipinski definition) is 4. The van der Waals surface area contributed by atoms with Crippen LogP contribution in [0.5, 0.6) is 5.75 Å². The van der Waals surface area contributed by atoms with E-state index in [1.165, 1.54) is 5.56 Å². The number of aliphatic hydroxyl groups is 1. The zero-order valence-electron chi connectivity index (χ0n) is 11.7. The maximum atomic E-state index is 9.87. The normalized spacial score (nSPS) is 11.6. The van der Waals surface area contributed by atoms with Gasteiger partial charge in [0, 0.05) is 5.56 Å². The fourth-order valence-corrected chi connectivity index (χ4v) is 1.86. The number of methoxy groups -OCH3 is 1. The van der Waals surface area contributed by atoms with Crippen molar-refractivity contribution in [2.75, 3.05) is 7.11 Å². The molecule has 1 N–H and O–H groups in total. The Morgan fingerprint density at radius 2 is 2.11 bits per heavy atom. The van der Waals surface area contributed by atoms with Gasteiger partial charge in [0.2, 0.25) is 0 Å². The topological polar surface area (TPSA) is 60.2 Å². The SMILES string of the molecule is COc1ccc(C)cc1Cn1cc(C(C)(C)O)nn1. The third kappa shape index (κ3) is 3.12. The minimum absolute atomic E-state index is 0.555. The first-order valence-electron chi connectivity index (χ1n) is 6.16. The van der Waals surface area contributed by atoms with Gasteiger partial charge in [-0.2, -0.15) is 0 Å². The first kappa shape index (κ1) is 13.5. The largest absolute Gasteiger partial charge is 0.496 e. The molecule has 2 rings (SSSR count). The molecule has 102 valence electrons. The summed E-state index contributed by atoms with van der Waals surface area (Å²) in [7, 11) is 1.65. The van der Waals surface area contributed by atoms with Crippen molar-refractivity contribution in [2.45, 2.75) is 32.9 Å². The Kier molecular flexibility index (Phi) is 3.57. The van der Waals surface area contributed by atoms with Gasteiger partial charge in [-0.25, -0.2) is 4.68 Å². The molecule has 0 radical (unpaired) electrons. The van der Waals surface area contributed by atoms with E-state index < -0.39 is 5.60 Å². The maximum absolute atomic E-state index is 9.87. The molecule has 19 heavy (non-hydrogen) atoms. The van der Waals surface area contributed by atoms with Gasteiger partial charge in [-0.1, -0.05) is 22.9 Å². The van der Waals surface area contributed by atoms with E-state index in [4.69, 9.17) is 4.74 Å². The Balaban J connectivity index is 2.26. The summed E-state index contributed by atoms with van der Waals surface area (Å²) in [6, 6.07) is 6.01. The molecule has 0 aliphatic rings. The summed E-state index contributed by atoms with van der Waals surface area (Å²) < 4.78 is 7.03. The fraction of sp³-hybridized carbons (Fsp3) is 0.429. The van der Waals surface area contributed by atoms with Gasteiger partial charge in [0.1, 0.15) is 17.0 Å². The standard InChI is InChI=1S/C14H19N3O2/c1-10-5-6-12(19-4)11(7-10)8-17-9-13(15-16-17)14(2,3)18/h5-7,9,18H,8H2,1-4H3. The molecule has 0 fully saturated rings. The third-order valence-electron chi connectivity index (χ3n) is 2.93. The molecular formula is C14H19N3O2. The summed E-state index contributed by atoms with van der Waals surface area (Å²) in [5, 5.41) is 17.9. The molecule has 2 aromatic rings. The zero-order valence-corrected chi connectivity index (χ0v) is 11.7. The van der Waals surface area contributed by atoms with E-state index in [1.54, 1.807) is 31.8 Å². The molecule has 0 spiro atoms.